The molecule has 2 aliphatic carbocycles. The van der Waals surface area contributed by atoms with E-state index in [1.54, 1.807) is 0 Å². The lowest BCUT2D eigenvalue weighted by atomic mass is 10.0. The van der Waals surface area contributed by atoms with Gasteiger partial charge in [0.25, 0.3) is 0 Å². The zero-order valence-electron chi connectivity index (χ0n) is 10.9. The van der Waals surface area contributed by atoms with Crippen molar-refractivity contribution in [2.75, 3.05) is 6.54 Å². The molecule has 0 spiro atoms. The normalized spacial score (nSPS) is 34.6. The molecule has 98 valence electrons. The summed E-state index contributed by atoms with van der Waals surface area (Å²) >= 11 is 0. The molecule has 0 aromatic heterocycles. The number of nitrogens with one attached hydrogen (secondary N) is 1. The average molecular weight is 240 g/mol. The van der Waals surface area contributed by atoms with Crippen LogP contribution in [0.5, 0.6) is 0 Å². The van der Waals surface area contributed by atoms with Crippen LogP contribution in [0.4, 0.5) is 0 Å². The maximum atomic E-state index is 11.8. The first kappa shape index (κ1) is 12.8. The van der Waals surface area contributed by atoms with E-state index in [2.05, 4.69) is 12.2 Å². The second-order valence-corrected chi connectivity index (χ2v) is 5.78. The molecule has 0 aromatic carbocycles. The van der Waals surface area contributed by atoms with Gasteiger partial charge >= 0.3 is 0 Å². The zero-order chi connectivity index (χ0) is 12.5. The minimum Gasteiger partial charge on any atom is -0.361 e. The van der Waals surface area contributed by atoms with Gasteiger partial charge in [0.1, 0.15) is 6.10 Å². The van der Waals surface area contributed by atoms with Gasteiger partial charge in [-0.1, -0.05) is 6.92 Å². The molecule has 0 aromatic rings. The molecule has 2 rings (SSSR count). The molecule has 2 fully saturated rings. The van der Waals surface area contributed by atoms with E-state index in [0.29, 0.717) is 18.5 Å². The van der Waals surface area contributed by atoms with Crippen molar-refractivity contribution in [3.63, 3.8) is 0 Å². The van der Waals surface area contributed by atoms with E-state index in [4.69, 9.17) is 10.5 Å². The predicted octanol–water partition coefficient (Wildman–Crippen LogP) is 1.19. The standard InChI is InChI=1S/C13H24N2O2/c1-9-5-6-13(7-9,8-14)17-10(2)12(16)15-11-3-4-11/h9-11H,3-8,14H2,1-2H3,(H,15,16). The maximum absolute atomic E-state index is 11.8. The average Bonchev–Trinajstić information content (AvgIpc) is 3.02. The first-order chi connectivity index (χ1) is 8.04. The van der Waals surface area contributed by atoms with Crippen molar-refractivity contribution in [3.8, 4) is 0 Å². The number of amides is 1. The predicted molar refractivity (Wildman–Crippen MR) is 66.5 cm³/mol. The van der Waals surface area contributed by atoms with Crippen molar-refractivity contribution in [2.24, 2.45) is 11.7 Å². The van der Waals surface area contributed by atoms with Gasteiger partial charge in [-0.25, -0.2) is 0 Å². The van der Waals surface area contributed by atoms with Crippen LogP contribution >= 0.6 is 0 Å². The Kier molecular flexibility index (Phi) is 3.73. The van der Waals surface area contributed by atoms with Crippen molar-refractivity contribution in [3.05, 3.63) is 0 Å². The summed E-state index contributed by atoms with van der Waals surface area (Å²) in [6, 6.07) is 0.393. The summed E-state index contributed by atoms with van der Waals surface area (Å²) in [5, 5.41) is 2.98. The first-order valence-electron chi connectivity index (χ1n) is 6.73. The molecule has 0 bridgehead atoms. The highest BCUT2D eigenvalue weighted by Gasteiger charge is 2.40. The SMILES string of the molecule is CC1CCC(CN)(OC(C)C(=O)NC2CC2)C1. The molecule has 0 radical (unpaired) electrons. The molecule has 3 N–H and O–H groups in total. The van der Waals surface area contributed by atoms with Crippen LogP contribution in [0.25, 0.3) is 0 Å². The number of carbonyl (C=O) groups is 1. The van der Waals surface area contributed by atoms with Gasteiger partial charge in [0.15, 0.2) is 0 Å². The number of ether oxygens (including phenoxy) is 1. The Bertz CT molecular complexity index is 291. The molecule has 4 nitrogen and oxygen atoms in total. The summed E-state index contributed by atoms with van der Waals surface area (Å²) in [7, 11) is 0. The van der Waals surface area contributed by atoms with E-state index in [0.717, 1.165) is 32.1 Å². The van der Waals surface area contributed by atoms with Gasteiger partial charge in [0.05, 0.1) is 5.60 Å². The molecule has 0 heterocycles. The lowest BCUT2D eigenvalue weighted by Crippen LogP contribution is -2.46. The summed E-state index contributed by atoms with van der Waals surface area (Å²) in [6.45, 7) is 4.56. The Morgan fingerprint density at radius 1 is 1.53 bits per heavy atom. The van der Waals surface area contributed by atoms with E-state index in [1.807, 2.05) is 6.92 Å². The summed E-state index contributed by atoms with van der Waals surface area (Å²) in [5.41, 5.74) is 5.57. The second kappa shape index (κ2) is 4.94. The molecule has 4 heteroatoms. The highest BCUT2D eigenvalue weighted by atomic mass is 16.5. The topological polar surface area (TPSA) is 64.3 Å². The summed E-state index contributed by atoms with van der Waals surface area (Å²) in [6.07, 6.45) is 4.93. The van der Waals surface area contributed by atoms with Gasteiger partial charge in [-0.2, -0.15) is 0 Å². The number of rotatable bonds is 5. The van der Waals surface area contributed by atoms with Crippen molar-refractivity contribution in [1.29, 1.82) is 0 Å². The minimum absolute atomic E-state index is 0.0138. The summed E-state index contributed by atoms with van der Waals surface area (Å²) in [5.74, 6) is 0.664. The van der Waals surface area contributed by atoms with Gasteiger partial charge in [0.2, 0.25) is 5.91 Å². The molecule has 2 saturated carbocycles. The number of carbonyl (C=O) groups excluding carboxylic acids is 1. The quantitative estimate of drug-likeness (QED) is 0.758. The van der Waals surface area contributed by atoms with E-state index in [9.17, 15) is 4.79 Å². The van der Waals surface area contributed by atoms with Crippen molar-refractivity contribution in [2.45, 2.75) is 63.7 Å². The molecule has 3 atom stereocenters. The Hall–Kier alpha value is -0.610. The fourth-order valence-electron chi connectivity index (χ4n) is 2.66. The van der Waals surface area contributed by atoms with Crippen LogP contribution in [0.3, 0.4) is 0 Å². The van der Waals surface area contributed by atoms with E-state index >= 15 is 0 Å². The van der Waals surface area contributed by atoms with Gasteiger partial charge < -0.3 is 15.8 Å². The summed E-state index contributed by atoms with van der Waals surface area (Å²) < 4.78 is 5.97. The Morgan fingerprint density at radius 2 is 2.24 bits per heavy atom. The van der Waals surface area contributed by atoms with Gasteiger partial charge in [-0.05, 0) is 44.9 Å². The third-order valence-corrected chi connectivity index (χ3v) is 3.90. The fourth-order valence-corrected chi connectivity index (χ4v) is 2.66. The molecular formula is C13H24N2O2. The lowest BCUT2D eigenvalue weighted by Gasteiger charge is -2.31. The maximum Gasteiger partial charge on any atom is 0.249 e. The van der Waals surface area contributed by atoms with Crippen LogP contribution in [0, 0.1) is 5.92 Å². The zero-order valence-corrected chi connectivity index (χ0v) is 10.9. The van der Waals surface area contributed by atoms with E-state index in [-0.39, 0.29) is 17.6 Å². The fraction of sp³-hybridized carbons (Fsp3) is 0.923. The largest absolute Gasteiger partial charge is 0.361 e. The Balaban J connectivity index is 1.86. The van der Waals surface area contributed by atoms with Crippen molar-refractivity contribution >= 4 is 5.91 Å². The molecule has 3 unspecified atom stereocenters. The van der Waals surface area contributed by atoms with Crippen LogP contribution in [-0.2, 0) is 9.53 Å². The third-order valence-electron chi connectivity index (χ3n) is 3.90. The Labute approximate surface area is 103 Å². The van der Waals surface area contributed by atoms with E-state index in [1.165, 1.54) is 0 Å². The second-order valence-electron chi connectivity index (χ2n) is 5.78. The van der Waals surface area contributed by atoms with Crippen LogP contribution in [0.2, 0.25) is 0 Å². The van der Waals surface area contributed by atoms with E-state index < -0.39 is 0 Å². The van der Waals surface area contributed by atoms with Crippen LogP contribution in [-0.4, -0.2) is 30.2 Å². The molecule has 0 saturated heterocycles. The van der Waals surface area contributed by atoms with Crippen LogP contribution in [0.15, 0.2) is 0 Å². The lowest BCUT2D eigenvalue weighted by molar-refractivity contribution is -0.144. The van der Waals surface area contributed by atoms with Gasteiger partial charge in [0, 0.05) is 12.6 Å². The molecule has 2 aliphatic rings. The summed E-state index contributed by atoms with van der Waals surface area (Å²) in [4.78, 5) is 11.8. The highest BCUT2D eigenvalue weighted by molar-refractivity contribution is 5.80. The van der Waals surface area contributed by atoms with Crippen LogP contribution in [0.1, 0.15) is 46.0 Å². The highest BCUT2D eigenvalue weighted by Crippen LogP contribution is 2.37. The minimum atomic E-state index is -0.385. The number of hydrogen-bond acceptors (Lipinski definition) is 3. The smallest absolute Gasteiger partial charge is 0.249 e. The Morgan fingerprint density at radius 3 is 2.71 bits per heavy atom. The monoisotopic (exact) mass is 240 g/mol. The molecular weight excluding hydrogens is 216 g/mol. The van der Waals surface area contributed by atoms with Crippen molar-refractivity contribution in [1.82, 2.24) is 5.32 Å². The molecule has 1 amide bonds. The van der Waals surface area contributed by atoms with Gasteiger partial charge in [-0.3, -0.25) is 4.79 Å². The number of hydrogen-bond donors (Lipinski definition) is 2. The number of nitrogens with two attached hydrogens (primary N) is 1. The third kappa shape index (κ3) is 3.19. The first-order valence-corrected chi connectivity index (χ1v) is 6.73. The van der Waals surface area contributed by atoms with Crippen molar-refractivity contribution < 1.29 is 9.53 Å². The molecule has 0 aliphatic heterocycles. The molecule has 17 heavy (non-hydrogen) atoms. The van der Waals surface area contributed by atoms with Gasteiger partial charge in [-0.15, -0.1) is 0 Å². The van der Waals surface area contributed by atoms with Crippen LogP contribution < -0.4 is 11.1 Å².